The molecule has 0 bridgehead atoms. The fourth-order valence-electron chi connectivity index (χ4n) is 3.67. The smallest absolute Gasteiger partial charge is 0.261 e. The maximum atomic E-state index is 12.7. The number of fused-ring (bicyclic) bond motifs is 1. The molecule has 2 aliphatic rings. The number of aromatic nitrogens is 4. The van der Waals surface area contributed by atoms with Gasteiger partial charge >= 0.3 is 0 Å². The minimum atomic E-state index is 0.0721. The minimum Gasteiger partial charge on any atom is -0.369 e. The summed E-state index contributed by atoms with van der Waals surface area (Å²) in [6, 6.07) is 6.00. The average molecular weight is 366 g/mol. The van der Waals surface area contributed by atoms with Crippen LogP contribution in [0.15, 0.2) is 40.2 Å². The highest BCUT2D eigenvalue weighted by molar-refractivity contribution is 5.81. The normalized spacial score (nSPS) is 18.3. The standard InChI is InChI=1S/C19H22N6O2/c26-19-16-4-3-15(9-17(16)21-13-25(19)10-14-1-2-14)24-7-5-23(6-8-24)11-18-20-12-22-27-18/h3-4,9,12-14H,1-2,5-8,10-11H2. The summed E-state index contributed by atoms with van der Waals surface area (Å²) in [5.41, 5.74) is 1.97. The molecule has 0 atom stereocenters. The third-order valence-corrected chi connectivity index (χ3v) is 5.46. The van der Waals surface area contributed by atoms with Crippen molar-refractivity contribution in [1.82, 2.24) is 24.6 Å². The lowest BCUT2D eigenvalue weighted by Gasteiger charge is -2.35. The Balaban J connectivity index is 1.30. The van der Waals surface area contributed by atoms with Crippen molar-refractivity contribution in [3.63, 3.8) is 0 Å². The van der Waals surface area contributed by atoms with Gasteiger partial charge in [0.1, 0.15) is 0 Å². The molecule has 8 heteroatoms. The van der Waals surface area contributed by atoms with Crippen molar-refractivity contribution >= 4 is 16.6 Å². The van der Waals surface area contributed by atoms with E-state index in [4.69, 9.17) is 4.52 Å². The predicted octanol–water partition coefficient (Wildman–Crippen LogP) is 1.51. The highest BCUT2D eigenvalue weighted by Gasteiger charge is 2.23. The lowest BCUT2D eigenvalue weighted by atomic mass is 10.2. The van der Waals surface area contributed by atoms with Crippen LogP contribution in [0, 0.1) is 5.92 Å². The molecule has 0 radical (unpaired) electrons. The first-order chi connectivity index (χ1) is 13.3. The Bertz CT molecular complexity index is 987. The van der Waals surface area contributed by atoms with Gasteiger partial charge in [-0.15, -0.1) is 0 Å². The molecule has 3 heterocycles. The van der Waals surface area contributed by atoms with E-state index in [1.165, 1.54) is 19.2 Å². The fourth-order valence-corrected chi connectivity index (χ4v) is 3.67. The number of anilines is 1. The highest BCUT2D eigenvalue weighted by atomic mass is 16.5. The van der Waals surface area contributed by atoms with Gasteiger partial charge in [-0.25, -0.2) is 4.98 Å². The van der Waals surface area contributed by atoms with Crippen LogP contribution in [-0.4, -0.2) is 50.8 Å². The SMILES string of the molecule is O=c1c2ccc(N3CCN(Cc4ncno4)CC3)cc2ncn1CC1CC1. The van der Waals surface area contributed by atoms with Crippen molar-refractivity contribution in [2.75, 3.05) is 31.1 Å². The Morgan fingerprint density at radius 3 is 2.70 bits per heavy atom. The van der Waals surface area contributed by atoms with E-state index in [-0.39, 0.29) is 5.56 Å². The van der Waals surface area contributed by atoms with Gasteiger partial charge in [-0.3, -0.25) is 14.3 Å². The van der Waals surface area contributed by atoms with Crippen molar-refractivity contribution in [3.05, 3.63) is 47.1 Å². The van der Waals surface area contributed by atoms with Crippen LogP contribution < -0.4 is 10.5 Å². The number of benzene rings is 1. The van der Waals surface area contributed by atoms with Crippen molar-refractivity contribution in [2.24, 2.45) is 5.92 Å². The van der Waals surface area contributed by atoms with Gasteiger partial charge in [0.05, 0.1) is 23.8 Å². The Labute approximate surface area is 156 Å². The molecule has 0 spiro atoms. The lowest BCUT2D eigenvalue weighted by Crippen LogP contribution is -2.46. The second-order valence-corrected chi connectivity index (χ2v) is 7.45. The summed E-state index contributed by atoms with van der Waals surface area (Å²) in [5, 5.41) is 4.36. The number of nitrogens with zero attached hydrogens (tertiary/aromatic N) is 6. The van der Waals surface area contributed by atoms with Gasteiger partial charge in [0.15, 0.2) is 6.33 Å². The largest absolute Gasteiger partial charge is 0.369 e. The van der Waals surface area contributed by atoms with E-state index in [9.17, 15) is 4.79 Å². The van der Waals surface area contributed by atoms with Crippen LogP contribution in [0.2, 0.25) is 0 Å². The first-order valence-electron chi connectivity index (χ1n) is 9.48. The summed E-state index contributed by atoms with van der Waals surface area (Å²) in [6.07, 6.45) is 5.59. The van der Waals surface area contributed by atoms with Crippen LogP contribution in [-0.2, 0) is 13.1 Å². The third-order valence-electron chi connectivity index (χ3n) is 5.46. The molecule has 8 nitrogen and oxygen atoms in total. The average Bonchev–Trinajstić information content (AvgIpc) is 3.37. The highest BCUT2D eigenvalue weighted by Crippen LogP contribution is 2.30. The molecule has 0 unspecified atom stereocenters. The Morgan fingerprint density at radius 2 is 1.96 bits per heavy atom. The Hall–Kier alpha value is -2.74. The fraction of sp³-hybridized carbons (Fsp3) is 0.474. The first kappa shape index (κ1) is 16.4. The van der Waals surface area contributed by atoms with E-state index in [2.05, 4.69) is 24.9 Å². The summed E-state index contributed by atoms with van der Waals surface area (Å²) in [6.45, 7) is 5.17. The van der Waals surface area contributed by atoms with Gasteiger partial charge < -0.3 is 9.42 Å². The molecule has 2 aromatic heterocycles. The summed E-state index contributed by atoms with van der Waals surface area (Å²) in [7, 11) is 0. The van der Waals surface area contributed by atoms with E-state index < -0.39 is 0 Å². The molecule has 1 aliphatic carbocycles. The van der Waals surface area contributed by atoms with Crippen LogP contribution in [0.3, 0.4) is 0 Å². The van der Waals surface area contributed by atoms with E-state index in [1.807, 2.05) is 18.2 Å². The third kappa shape index (κ3) is 3.44. The van der Waals surface area contributed by atoms with Crippen LogP contribution >= 0.6 is 0 Å². The second-order valence-electron chi connectivity index (χ2n) is 7.45. The first-order valence-corrected chi connectivity index (χ1v) is 9.48. The van der Waals surface area contributed by atoms with Gasteiger partial charge in [-0.2, -0.15) is 4.98 Å². The zero-order valence-electron chi connectivity index (χ0n) is 15.1. The zero-order valence-corrected chi connectivity index (χ0v) is 15.1. The Morgan fingerprint density at radius 1 is 1.11 bits per heavy atom. The number of rotatable bonds is 5. The van der Waals surface area contributed by atoms with Gasteiger partial charge in [0.2, 0.25) is 5.89 Å². The molecule has 1 aromatic carbocycles. The predicted molar refractivity (Wildman–Crippen MR) is 101 cm³/mol. The molecule has 0 amide bonds. The summed E-state index contributed by atoms with van der Waals surface area (Å²) >= 11 is 0. The van der Waals surface area contributed by atoms with Crippen molar-refractivity contribution in [3.8, 4) is 0 Å². The molecule has 1 saturated heterocycles. The molecular formula is C19H22N6O2. The van der Waals surface area contributed by atoms with Gasteiger partial charge in [-0.05, 0) is 37.0 Å². The molecule has 5 rings (SSSR count). The minimum absolute atomic E-state index is 0.0721. The molecule has 1 aliphatic heterocycles. The topological polar surface area (TPSA) is 80.3 Å². The van der Waals surface area contributed by atoms with Crippen molar-refractivity contribution in [2.45, 2.75) is 25.9 Å². The molecule has 2 fully saturated rings. The molecule has 0 N–H and O–H groups in total. The number of piperazine rings is 1. The molecule has 3 aromatic rings. The summed E-state index contributed by atoms with van der Waals surface area (Å²) in [5.74, 6) is 1.31. The summed E-state index contributed by atoms with van der Waals surface area (Å²) < 4.78 is 6.85. The monoisotopic (exact) mass is 366 g/mol. The van der Waals surface area contributed by atoms with Gasteiger partial charge in [0, 0.05) is 38.4 Å². The van der Waals surface area contributed by atoms with E-state index in [0.29, 0.717) is 23.7 Å². The van der Waals surface area contributed by atoms with Crippen LogP contribution in [0.4, 0.5) is 5.69 Å². The number of hydrogen-bond donors (Lipinski definition) is 0. The molecule has 27 heavy (non-hydrogen) atoms. The van der Waals surface area contributed by atoms with Crippen LogP contribution in [0.1, 0.15) is 18.7 Å². The second kappa shape index (κ2) is 6.77. The number of hydrogen-bond acceptors (Lipinski definition) is 7. The zero-order chi connectivity index (χ0) is 18.2. The maximum absolute atomic E-state index is 12.7. The van der Waals surface area contributed by atoms with E-state index in [0.717, 1.165) is 43.9 Å². The Kier molecular flexibility index (Phi) is 4.12. The maximum Gasteiger partial charge on any atom is 0.261 e. The van der Waals surface area contributed by atoms with Gasteiger partial charge in [0.25, 0.3) is 5.56 Å². The van der Waals surface area contributed by atoms with Gasteiger partial charge in [-0.1, -0.05) is 5.16 Å². The van der Waals surface area contributed by atoms with Crippen molar-refractivity contribution in [1.29, 1.82) is 0 Å². The lowest BCUT2D eigenvalue weighted by molar-refractivity contribution is 0.215. The van der Waals surface area contributed by atoms with Crippen molar-refractivity contribution < 1.29 is 4.52 Å². The quantitative estimate of drug-likeness (QED) is 0.677. The van der Waals surface area contributed by atoms with Crippen LogP contribution in [0.25, 0.3) is 10.9 Å². The summed E-state index contributed by atoms with van der Waals surface area (Å²) in [4.78, 5) is 25.9. The van der Waals surface area contributed by atoms with E-state index in [1.54, 1.807) is 10.9 Å². The van der Waals surface area contributed by atoms with Crippen LogP contribution in [0.5, 0.6) is 0 Å². The molecule has 1 saturated carbocycles. The van der Waals surface area contributed by atoms with E-state index >= 15 is 0 Å². The molecule has 140 valence electrons. The molecular weight excluding hydrogens is 344 g/mol.